The standard InChI is InChI=1S/C16H26N4O3/c1-11(13(21)19-9-5-6-12(19)10-17-2)20-14(22)16(18-15(20)23)7-3-4-8-16/h11-12,17H,3-10H2,1-2H3,(H,18,23). The third-order valence-corrected chi connectivity index (χ3v) is 5.49. The highest BCUT2D eigenvalue weighted by molar-refractivity contribution is 6.10. The van der Waals surface area contributed by atoms with Crippen molar-refractivity contribution in [3.05, 3.63) is 0 Å². The maximum atomic E-state index is 12.8. The van der Waals surface area contributed by atoms with Crippen LogP contribution < -0.4 is 10.6 Å². The molecule has 1 spiro atoms. The van der Waals surface area contributed by atoms with Crippen LogP contribution in [0.3, 0.4) is 0 Å². The summed E-state index contributed by atoms with van der Waals surface area (Å²) < 4.78 is 0. The molecule has 3 rings (SSSR count). The number of hydrogen-bond donors (Lipinski definition) is 2. The third-order valence-electron chi connectivity index (χ3n) is 5.49. The number of likely N-dealkylation sites (N-methyl/N-ethyl adjacent to an activating group) is 1. The summed E-state index contributed by atoms with van der Waals surface area (Å²) in [5.74, 6) is -0.341. The lowest BCUT2D eigenvalue weighted by molar-refractivity contribution is -0.143. The zero-order valence-electron chi connectivity index (χ0n) is 13.9. The van der Waals surface area contributed by atoms with Crippen LogP contribution in [0, 0.1) is 0 Å². The maximum absolute atomic E-state index is 12.8. The van der Waals surface area contributed by atoms with Gasteiger partial charge in [0.2, 0.25) is 5.91 Å². The van der Waals surface area contributed by atoms with Gasteiger partial charge in [-0.1, -0.05) is 12.8 Å². The van der Waals surface area contributed by atoms with Crippen LogP contribution in [0.4, 0.5) is 4.79 Å². The number of imide groups is 1. The molecule has 0 aromatic rings. The summed E-state index contributed by atoms with van der Waals surface area (Å²) >= 11 is 0. The molecule has 23 heavy (non-hydrogen) atoms. The fraction of sp³-hybridized carbons (Fsp3) is 0.812. The Labute approximate surface area is 136 Å². The van der Waals surface area contributed by atoms with Gasteiger partial charge in [-0.25, -0.2) is 9.69 Å². The van der Waals surface area contributed by atoms with Crippen LogP contribution in [-0.4, -0.2) is 65.4 Å². The van der Waals surface area contributed by atoms with Gasteiger partial charge in [0.15, 0.2) is 0 Å². The molecular formula is C16H26N4O3. The van der Waals surface area contributed by atoms with Crippen molar-refractivity contribution in [2.75, 3.05) is 20.1 Å². The molecule has 0 aromatic heterocycles. The van der Waals surface area contributed by atoms with Crippen molar-refractivity contribution in [2.45, 2.75) is 63.1 Å². The van der Waals surface area contributed by atoms with Crippen molar-refractivity contribution in [3.63, 3.8) is 0 Å². The number of carbonyl (C=O) groups excluding carboxylic acids is 3. The number of urea groups is 1. The van der Waals surface area contributed by atoms with Crippen LogP contribution in [0.15, 0.2) is 0 Å². The largest absolute Gasteiger partial charge is 0.337 e. The third kappa shape index (κ3) is 2.60. The van der Waals surface area contributed by atoms with Gasteiger partial charge >= 0.3 is 6.03 Å². The maximum Gasteiger partial charge on any atom is 0.325 e. The second kappa shape index (κ2) is 6.11. The van der Waals surface area contributed by atoms with Gasteiger partial charge in [-0.3, -0.25) is 9.59 Å². The van der Waals surface area contributed by atoms with Crippen LogP contribution in [0.25, 0.3) is 0 Å². The minimum atomic E-state index is -0.749. The molecule has 7 nitrogen and oxygen atoms in total. The van der Waals surface area contributed by atoms with Crippen LogP contribution in [0.2, 0.25) is 0 Å². The molecule has 2 unspecified atom stereocenters. The van der Waals surface area contributed by atoms with E-state index in [4.69, 9.17) is 0 Å². The number of rotatable bonds is 4. The Morgan fingerprint density at radius 3 is 2.70 bits per heavy atom. The number of hydrogen-bond acceptors (Lipinski definition) is 4. The molecule has 0 radical (unpaired) electrons. The van der Waals surface area contributed by atoms with Crippen LogP contribution in [0.1, 0.15) is 45.4 Å². The van der Waals surface area contributed by atoms with E-state index in [-0.39, 0.29) is 17.9 Å². The molecule has 2 heterocycles. The van der Waals surface area contributed by atoms with Crippen molar-refractivity contribution in [3.8, 4) is 0 Å². The number of likely N-dealkylation sites (tertiary alicyclic amines) is 1. The average Bonchev–Trinajstić information content (AvgIpc) is 3.21. The van der Waals surface area contributed by atoms with Gasteiger partial charge in [0.25, 0.3) is 5.91 Å². The van der Waals surface area contributed by atoms with Crippen molar-refractivity contribution in [1.82, 2.24) is 20.4 Å². The lowest BCUT2D eigenvalue weighted by Crippen LogP contribution is -2.53. The lowest BCUT2D eigenvalue weighted by atomic mass is 9.97. The predicted molar refractivity (Wildman–Crippen MR) is 84.7 cm³/mol. The Balaban J connectivity index is 1.74. The van der Waals surface area contributed by atoms with Crippen molar-refractivity contribution in [1.29, 1.82) is 0 Å². The molecular weight excluding hydrogens is 296 g/mol. The first-order valence-corrected chi connectivity index (χ1v) is 8.61. The molecule has 1 aliphatic carbocycles. The molecule has 0 bridgehead atoms. The van der Waals surface area contributed by atoms with E-state index in [2.05, 4.69) is 10.6 Å². The summed E-state index contributed by atoms with van der Waals surface area (Å²) in [6, 6.07) is -1.00. The van der Waals surface area contributed by atoms with E-state index in [1.807, 2.05) is 11.9 Å². The fourth-order valence-electron chi connectivity index (χ4n) is 4.23. The molecule has 2 N–H and O–H groups in total. The predicted octanol–water partition coefficient (Wildman–Crippen LogP) is 0.450. The molecule has 3 aliphatic rings. The van der Waals surface area contributed by atoms with Crippen molar-refractivity contribution < 1.29 is 14.4 Å². The zero-order valence-corrected chi connectivity index (χ0v) is 13.9. The van der Waals surface area contributed by atoms with E-state index in [0.29, 0.717) is 19.4 Å². The smallest absolute Gasteiger partial charge is 0.325 e. The van der Waals surface area contributed by atoms with E-state index in [0.717, 1.165) is 37.1 Å². The summed E-state index contributed by atoms with van der Waals surface area (Å²) in [4.78, 5) is 40.9. The SMILES string of the molecule is CNCC1CCCN1C(=O)C(C)N1C(=O)NC2(CCCC2)C1=O. The molecule has 2 atom stereocenters. The van der Waals surface area contributed by atoms with E-state index in [1.165, 1.54) is 0 Å². The van der Waals surface area contributed by atoms with Gasteiger partial charge in [-0.2, -0.15) is 0 Å². The molecule has 128 valence electrons. The van der Waals surface area contributed by atoms with Crippen molar-refractivity contribution in [2.24, 2.45) is 0 Å². The van der Waals surface area contributed by atoms with E-state index < -0.39 is 17.6 Å². The summed E-state index contributed by atoms with van der Waals surface area (Å²) in [6.07, 6.45) is 5.18. The van der Waals surface area contributed by atoms with E-state index in [9.17, 15) is 14.4 Å². The van der Waals surface area contributed by atoms with Crippen LogP contribution in [-0.2, 0) is 9.59 Å². The Morgan fingerprint density at radius 2 is 2.04 bits per heavy atom. The van der Waals surface area contributed by atoms with Gasteiger partial charge < -0.3 is 15.5 Å². The molecule has 1 saturated carbocycles. The lowest BCUT2D eigenvalue weighted by Gasteiger charge is -2.30. The Kier molecular flexibility index (Phi) is 4.31. The first-order valence-electron chi connectivity index (χ1n) is 8.61. The van der Waals surface area contributed by atoms with Gasteiger partial charge in [0.05, 0.1) is 0 Å². The first-order chi connectivity index (χ1) is 11.0. The highest BCUT2D eigenvalue weighted by atomic mass is 16.2. The zero-order chi connectivity index (χ0) is 16.6. The Morgan fingerprint density at radius 1 is 1.35 bits per heavy atom. The monoisotopic (exact) mass is 322 g/mol. The van der Waals surface area contributed by atoms with Crippen LogP contribution >= 0.6 is 0 Å². The summed E-state index contributed by atoms with van der Waals surface area (Å²) in [5.41, 5.74) is -0.749. The van der Waals surface area contributed by atoms with Gasteiger partial charge in [0.1, 0.15) is 11.6 Å². The summed E-state index contributed by atoms with van der Waals surface area (Å²) in [7, 11) is 1.87. The van der Waals surface area contributed by atoms with E-state index >= 15 is 0 Å². The minimum absolute atomic E-state index is 0.124. The molecule has 7 heteroatoms. The summed E-state index contributed by atoms with van der Waals surface area (Å²) in [6.45, 7) is 3.11. The van der Waals surface area contributed by atoms with E-state index in [1.54, 1.807) is 6.92 Å². The first kappa shape index (κ1) is 16.2. The fourth-order valence-corrected chi connectivity index (χ4v) is 4.23. The molecule has 2 saturated heterocycles. The van der Waals surface area contributed by atoms with Gasteiger partial charge in [-0.15, -0.1) is 0 Å². The highest BCUT2D eigenvalue weighted by Gasteiger charge is 2.55. The number of carbonyl (C=O) groups is 3. The Hall–Kier alpha value is -1.63. The second-order valence-electron chi connectivity index (χ2n) is 6.96. The molecule has 2 aliphatic heterocycles. The number of nitrogens with zero attached hydrogens (tertiary/aromatic N) is 2. The van der Waals surface area contributed by atoms with Gasteiger partial charge in [0, 0.05) is 19.1 Å². The summed E-state index contributed by atoms with van der Waals surface area (Å²) in [5, 5.41) is 5.95. The second-order valence-corrected chi connectivity index (χ2v) is 6.96. The van der Waals surface area contributed by atoms with Gasteiger partial charge in [-0.05, 0) is 39.7 Å². The average molecular weight is 322 g/mol. The molecule has 0 aromatic carbocycles. The molecule has 4 amide bonds. The Bertz CT molecular complexity index is 515. The normalized spacial score (nSPS) is 27.8. The number of nitrogens with one attached hydrogen (secondary N) is 2. The highest BCUT2D eigenvalue weighted by Crippen LogP contribution is 2.36. The van der Waals surface area contributed by atoms with Crippen molar-refractivity contribution >= 4 is 17.8 Å². The topological polar surface area (TPSA) is 81.8 Å². The molecule has 3 fully saturated rings. The quantitative estimate of drug-likeness (QED) is 0.736. The van der Waals surface area contributed by atoms with Crippen LogP contribution in [0.5, 0.6) is 0 Å². The minimum Gasteiger partial charge on any atom is -0.337 e. The number of amides is 4.